The van der Waals surface area contributed by atoms with E-state index in [0.717, 1.165) is 64.2 Å². The van der Waals surface area contributed by atoms with E-state index in [-0.39, 0.29) is 12.8 Å². The van der Waals surface area contributed by atoms with E-state index < -0.39 is 91.3 Å². The van der Waals surface area contributed by atoms with Gasteiger partial charge >= 0.3 is 35.4 Å². The van der Waals surface area contributed by atoms with Crippen molar-refractivity contribution in [2.24, 2.45) is 0 Å². The van der Waals surface area contributed by atoms with E-state index in [2.05, 4.69) is 35.0 Å². The quantitative estimate of drug-likeness (QED) is 0.0123. The molecule has 65 heavy (non-hydrogen) atoms. The van der Waals surface area contributed by atoms with Gasteiger partial charge in [0.05, 0.1) is 6.61 Å². The Morgan fingerprint density at radius 3 is 1.29 bits per heavy atom. The number of carbonyl (C=O) groups is 2. The molecule has 384 valence electrons. The molecule has 19 nitrogen and oxygen atoms in total. The Hall–Kier alpha value is -1.11. The van der Waals surface area contributed by atoms with Crippen LogP contribution >= 0.6 is 23.5 Å². The van der Waals surface area contributed by atoms with E-state index in [1.165, 1.54) is 89.9 Å². The molecule has 0 bridgehead atoms. The summed E-state index contributed by atoms with van der Waals surface area (Å²) in [5, 5.41) is 31.9. The fraction of sp³-hybridized carbons (Fsp3) is 0.907. The van der Waals surface area contributed by atoms with Crippen LogP contribution < -0.4 is 0 Å². The molecule has 1 rings (SSSR count). The number of hydrogen-bond donors (Lipinski definition) is 8. The second-order valence-corrected chi connectivity index (χ2v) is 20.8. The van der Waals surface area contributed by atoms with Gasteiger partial charge in [-0.05, 0) is 38.5 Å². The van der Waals surface area contributed by atoms with E-state index in [4.69, 9.17) is 18.5 Å². The number of allylic oxidation sites excluding steroid dienone is 2. The van der Waals surface area contributed by atoms with Gasteiger partial charge in [-0.2, -0.15) is 0 Å². The van der Waals surface area contributed by atoms with Crippen LogP contribution in [0.1, 0.15) is 194 Å². The van der Waals surface area contributed by atoms with Crippen LogP contribution in [0.4, 0.5) is 0 Å². The van der Waals surface area contributed by atoms with Gasteiger partial charge < -0.3 is 49.3 Å². The maximum absolute atomic E-state index is 13.1. The number of hydrogen-bond acceptors (Lipinski definition) is 14. The summed E-state index contributed by atoms with van der Waals surface area (Å²) in [4.78, 5) is 73.1. The summed E-state index contributed by atoms with van der Waals surface area (Å²) in [5.74, 6) is -1.30. The topological polar surface area (TPSA) is 303 Å². The molecule has 0 spiro atoms. The Labute approximate surface area is 386 Å². The van der Waals surface area contributed by atoms with Crippen molar-refractivity contribution in [2.75, 3.05) is 13.2 Å². The van der Waals surface area contributed by atoms with Gasteiger partial charge in [-0.15, -0.1) is 0 Å². The number of carbonyl (C=O) groups excluding carboxylic acids is 2. The number of rotatable bonds is 41. The highest BCUT2D eigenvalue weighted by molar-refractivity contribution is 7.47. The van der Waals surface area contributed by atoms with Crippen molar-refractivity contribution in [3.63, 3.8) is 0 Å². The van der Waals surface area contributed by atoms with Crippen LogP contribution in [0.3, 0.4) is 0 Å². The van der Waals surface area contributed by atoms with Gasteiger partial charge in [-0.25, -0.2) is 13.7 Å². The third kappa shape index (κ3) is 32.4. The first-order valence-electron chi connectivity index (χ1n) is 24.0. The van der Waals surface area contributed by atoms with Gasteiger partial charge in [0, 0.05) is 12.8 Å². The predicted octanol–water partition coefficient (Wildman–Crippen LogP) is 8.51. The molecule has 1 aliphatic rings. The number of phosphoric ester groups is 3. The van der Waals surface area contributed by atoms with Gasteiger partial charge in [0.25, 0.3) is 0 Å². The molecule has 0 aliphatic heterocycles. The average molecular weight is 997 g/mol. The first-order chi connectivity index (χ1) is 30.8. The molecular formula is C43H83O19P3. The zero-order valence-electron chi connectivity index (χ0n) is 38.8. The summed E-state index contributed by atoms with van der Waals surface area (Å²) in [7, 11) is -16.6. The van der Waals surface area contributed by atoms with E-state index in [1.54, 1.807) is 0 Å². The summed E-state index contributed by atoms with van der Waals surface area (Å²) in [5.41, 5.74) is 0. The number of ether oxygens (including phenoxy) is 2. The highest BCUT2D eigenvalue weighted by Crippen LogP contribution is 2.51. The number of unbranched alkanes of at least 4 members (excludes halogenated alkanes) is 23. The molecule has 5 unspecified atom stereocenters. The molecule has 1 saturated carbocycles. The Balaban J connectivity index is 2.73. The molecule has 8 N–H and O–H groups in total. The Kier molecular flexibility index (Phi) is 34.2. The molecule has 8 atom stereocenters. The van der Waals surface area contributed by atoms with Crippen LogP contribution in [-0.4, -0.2) is 108 Å². The van der Waals surface area contributed by atoms with Gasteiger partial charge in [-0.3, -0.25) is 27.7 Å². The monoisotopic (exact) mass is 996 g/mol. The fourth-order valence-corrected chi connectivity index (χ4v) is 9.56. The van der Waals surface area contributed by atoms with Crippen molar-refractivity contribution in [1.82, 2.24) is 0 Å². The largest absolute Gasteiger partial charge is 0.472 e. The zero-order valence-corrected chi connectivity index (χ0v) is 41.5. The molecule has 0 saturated heterocycles. The molecule has 0 amide bonds. The fourth-order valence-electron chi connectivity index (χ4n) is 7.46. The summed E-state index contributed by atoms with van der Waals surface area (Å²) in [6.45, 7) is 2.93. The lowest BCUT2D eigenvalue weighted by Gasteiger charge is -2.44. The molecule has 0 aromatic heterocycles. The molecule has 0 aromatic carbocycles. The van der Waals surface area contributed by atoms with Crippen molar-refractivity contribution in [1.29, 1.82) is 0 Å². The molecular weight excluding hydrogens is 913 g/mol. The molecule has 0 radical (unpaired) electrons. The second-order valence-electron chi connectivity index (χ2n) is 17.0. The standard InChI is InChI=1S/C43H83O19P3/c1-3-5-7-9-11-13-15-17-18-20-22-24-26-28-30-32-37(45)59-35(33-57-36(44)31-29-27-25-23-21-19-16-14-12-10-8-6-4-2)34-58-65(55,56)62-41-38(46)39(47)42(60-63(49,50)51)43(40(41)48)61-64(52,53)54/h14,16,35,38-43,46-48H,3-13,15,17-34H2,1-2H3,(H,55,56)(H2,49,50,51)(H2,52,53,54)/t35-,38?,39?,40?,41+,42?,43+/m1/s1. The normalized spacial score (nSPS) is 21.9. The van der Waals surface area contributed by atoms with Gasteiger partial charge in [-0.1, -0.05) is 154 Å². The van der Waals surface area contributed by atoms with Crippen molar-refractivity contribution in [3.05, 3.63) is 12.2 Å². The van der Waals surface area contributed by atoms with Gasteiger partial charge in [0.15, 0.2) is 6.10 Å². The Morgan fingerprint density at radius 1 is 0.477 bits per heavy atom. The smallest absolute Gasteiger partial charge is 0.462 e. The molecule has 0 heterocycles. The van der Waals surface area contributed by atoms with Crippen molar-refractivity contribution in [3.8, 4) is 0 Å². The second kappa shape index (κ2) is 35.9. The van der Waals surface area contributed by atoms with Crippen LogP contribution in [-0.2, 0) is 50.9 Å². The maximum atomic E-state index is 13.1. The Morgan fingerprint density at radius 2 is 0.846 bits per heavy atom. The number of phosphoric acid groups is 3. The summed E-state index contributed by atoms with van der Waals surface area (Å²) < 4.78 is 65.4. The lowest BCUT2D eigenvalue weighted by atomic mass is 9.85. The van der Waals surface area contributed by atoms with Crippen LogP contribution in [0.15, 0.2) is 12.2 Å². The summed E-state index contributed by atoms with van der Waals surface area (Å²) in [6.07, 6.45) is 16.6. The Bertz CT molecular complexity index is 1420. The molecule has 0 aromatic rings. The van der Waals surface area contributed by atoms with Crippen LogP contribution in [0, 0.1) is 0 Å². The van der Waals surface area contributed by atoms with Gasteiger partial charge in [0.2, 0.25) is 0 Å². The van der Waals surface area contributed by atoms with Crippen LogP contribution in [0.25, 0.3) is 0 Å². The number of aliphatic hydroxyl groups is 3. The van der Waals surface area contributed by atoms with E-state index in [9.17, 15) is 63.1 Å². The van der Waals surface area contributed by atoms with Crippen LogP contribution in [0.5, 0.6) is 0 Å². The minimum atomic E-state index is -5.60. The third-order valence-corrected chi connectivity index (χ3v) is 13.1. The third-order valence-electron chi connectivity index (χ3n) is 11.1. The zero-order chi connectivity index (χ0) is 48.6. The number of aliphatic hydroxyl groups excluding tert-OH is 3. The van der Waals surface area contributed by atoms with E-state index in [1.807, 2.05) is 0 Å². The molecule has 1 fully saturated rings. The van der Waals surface area contributed by atoms with E-state index in [0.29, 0.717) is 12.8 Å². The van der Waals surface area contributed by atoms with Gasteiger partial charge in [0.1, 0.15) is 43.2 Å². The first-order valence-corrected chi connectivity index (χ1v) is 28.5. The summed E-state index contributed by atoms with van der Waals surface area (Å²) >= 11 is 0. The van der Waals surface area contributed by atoms with E-state index >= 15 is 0 Å². The predicted molar refractivity (Wildman–Crippen MR) is 243 cm³/mol. The summed E-state index contributed by atoms with van der Waals surface area (Å²) in [6, 6.07) is 0. The molecule has 1 aliphatic carbocycles. The SMILES string of the molecule is CCCCCCC=CCCCCCCCC(=O)OC[C@H](COP(=O)(O)O[C@H]1C(O)C(O)C(OP(=O)(O)O)[C@@H](OP(=O)(O)O)C1O)OC(=O)CCCCCCCCCCCCCCCCC. The van der Waals surface area contributed by atoms with Crippen molar-refractivity contribution < 1.29 is 90.6 Å². The highest BCUT2D eigenvalue weighted by atomic mass is 31.2. The average Bonchev–Trinajstić information content (AvgIpc) is 3.23. The lowest BCUT2D eigenvalue weighted by molar-refractivity contribution is -0.213. The van der Waals surface area contributed by atoms with Crippen molar-refractivity contribution >= 4 is 35.4 Å². The highest BCUT2D eigenvalue weighted by Gasteiger charge is 2.56. The minimum absolute atomic E-state index is 0.00188. The molecule has 22 heteroatoms. The lowest BCUT2D eigenvalue weighted by Crippen LogP contribution is -2.65. The van der Waals surface area contributed by atoms with Crippen molar-refractivity contribution in [2.45, 2.75) is 236 Å². The first kappa shape index (κ1) is 61.9. The maximum Gasteiger partial charge on any atom is 0.472 e. The number of esters is 2. The van der Waals surface area contributed by atoms with Crippen LogP contribution in [0.2, 0.25) is 0 Å². The minimum Gasteiger partial charge on any atom is -0.462 e.